The molecule has 0 N–H and O–H groups in total. The molecule has 0 atom stereocenters. The molecule has 0 amide bonds. The molecule has 0 saturated carbocycles. The smallest absolute Gasteiger partial charge is 0.0960 e. The molecule has 0 spiro atoms. The normalized spacial score (nSPS) is 15.9. The van der Waals surface area contributed by atoms with Crippen molar-refractivity contribution in [2.75, 3.05) is 6.61 Å². The molecule has 1 nitrogen and oxygen atoms in total. The summed E-state index contributed by atoms with van der Waals surface area (Å²) in [6, 6.07) is 0. The van der Waals surface area contributed by atoms with Gasteiger partial charge in [0.25, 0.3) is 0 Å². The second-order valence-electron chi connectivity index (χ2n) is 3.14. The van der Waals surface area contributed by atoms with E-state index in [1.807, 2.05) is 0 Å². The van der Waals surface area contributed by atoms with Crippen LogP contribution in [0.5, 0.6) is 0 Å². The predicted molar refractivity (Wildman–Crippen MR) is 51.9 cm³/mol. The Balaban J connectivity index is 2.03. The van der Waals surface area contributed by atoms with Crippen molar-refractivity contribution in [3.63, 3.8) is 0 Å². The van der Waals surface area contributed by atoms with Crippen LogP contribution in [-0.2, 0) is 4.74 Å². The minimum absolute atomic E-state index is 0.896. The molecule has 12 heavy (non-hydrogen) atoms. The van der Waals surface area contributed by atoms with Crippen LogP contribution in [-0.4, -0.2) is 6.61 Å². The van der Waals surface area contributed by atoms with Gasteiger partial charge >= 0.3 is 0 Å². The molecule has 0 unspecified atom stereocenters. The van der Waals surface area contributed by atoms with Gasteiger partial charge < -0.3 is 4.74 Å². The Kier molecular flexibility index (Phi) is 4.58. The fraction of sp³-hybridized carbons (Fsp3) is 0.636. The average Bonchev–Trinajstić information content (AvgIpc) is 2.14. The summed E-state index contributed by atoms with van der Waals surface area (Å²) < 4.78 is 5.59. The molecule has 0 heterocycles. The van der Waals surface area contributed by atoms with E-state index >= 15 is 0 Å². The highest BCUT2D eigenvalue weighted by molar-refractivity contribution is 5.09. The largest absolute Gasteiger partial charge is 0.498 e. The van der Waals surface area contributed by atoms with Crippen LogP contribution in [0.25, 0.3) is 0 Å². The van der Waals surface area contributed by atoms with E-state index in [4.69, 9.17) is 4.74 Å². The van der Waals surface area contributed by atoms with Gasteiger partial charge in [-0.25, -0.2) is 0 Å². The number of hydrogen-bond donors (Lipinski definition) is 0. The van der Waals surface area contributed by atoms with E-state index in [2.05, 4.69) is 25.2 Å². The first-order valence-electron chi connectivity index (χ1n) is 4.90. The van der Waals surface area contributed by atoms with Gasteiger partial charge in [-0.2, -0.15) is 0 Å². The first-order chi connectivity index (χ1) is 5.93. The highest BCUT2D eigenvalue weighted by Crippen LogP contribution is 2.12. The minimum Gasteiger partial charge on any atom is -0.498 e. The van der Waals surface area contributed by atoms with Crippen LogP contribution in [0.2, 0.25) is 0 Å². The SMILES string of the molecule is CCCCCOC1=CCC=CC1. The molecule has 0 aromatic carbocycles. The number of allylic oxidation sites excluding steroid dienone is 3. The Morgan fingerprint density at radius 3 is 2.92 bits per heavy atom. The van der Waals surface area contributed by atoms with E-state index in [1.165, 1.54) is 19.3 Å². The van der Waals surface area contributed by atoms with Gasteiger partial charge in [-0.3, -0.25) is 0 Å². The molecule has 1 rings (SSSR count). The first-order valence-corrected chi connectivity index (χ1v) is 4.90. The lowest BCUT2D eigenvalue weighted by molar-refractivity contribution is 0.199. The molecule has 1 aliphatic rings. The average molecular weight is 166 g/mol. The van der Waals surface area contributed by atoms with Crippen molar-refractivity contribution >= 4 is 0 Å². The molecule has 0 aromatic rings. The molecule has 0 aromatic heterocycles. The second kappa shape index (κ2) is 5.87. The van der Waals surface area contributed by atoms with Gasteiger partial charge in [0, 0.05) is 6.42 Å². The lowest BCUT2D eigenvalue weighted by Gasteiger charge is -2.10. The lowest BCUT2D eigenvalue weighted by Crippen LogP contribution is -1.96. The van der Waals surface area contributed by atoms with E-state index in [-0.39, 0.29) is 0 Å². The Hall–Kier alpha value is -0.720. The van der Waals surface area contributed by atoms with Crippen molar-refractivity contribution in [2.24, 2.45) is 0 Å². The molecule has 0 fully saturated rings. The minimum atomic E-state index is 0.896. The van der Waals surface area contributed by atoms with E-state index in [0.29, 0.717) is 0 Å². The summed E-state index contributed by atoms with van der Waals surface area (Å²) in [6.07, 6.45) is 12.3. The first kappa shape index (κ1) is 9.37. The van der Waals surface area contributed by atoms with Crippen LogP contribution in [0.15, 0.2) is 24.0 Å². The van der Waals surface area contributed by atoms with Crippen molar-refractivity contribution in [1.82, 2.24) is 0 Å². The van der Waals surface area contributed by atoms with Gasteiger partial charge in [0.1, 0.15) is 0 Å². The summed E-state index contributed by atoms with van der Waals surface area (Å²) in [6.45, 7) is 3.11. The van der Waals surface area contributed by atoms with Crippen LogP contribution < -0.4 is 0 Å². The van der Waals surface area contributed by atoms with Crippen LogP contribution >= 0.6 is 0 Å². The van der Waals surface area contributed by atoms with Crippen molar-refractivity contribution < 1.29 is 4.74 Å². The number of unbranched alkanes of at least 4 members (excludes halogenated alkanes) is 2. The number of hydrogen-bond acceptors (Lipinski definition) is 1. The van der Waals surface area contributed by atoms with Crippen LogP contribution in [0.1, 0.15) is 39.0 Å². The summed E-state index contributed by atoms with van der Waals surface area (Å²) in [5, 5.41) is 0. The van der Waals surface area contributed by atoms with Crippen molar-refractivity contribution in [3.8, 4) is 0 Å². The van der Waals surface area contributed by atoms with E-state index in [1.54, 1.807) is 0 Å². The van der Waals surface area contributed by atoms with Gasteiger partial charge in [0.05, 0.1) is 12.4 Å². The highest BCUT2D eigenvalue weighted by atomic mass is 16.5. The van der Waals surface area contributed by atoms with E-state index in [9.17, 15) is 0 Å². The van der Waals surface area contributed by atoms with Gasteiger partial charge in [-0.1, -0.05) is 31.9 Å². The molecule has 1 aliphatic carbocycles. The third-order valence-electron chi connectivity index (χ3n) is 2.00. The molecular formula is C11H18O. The molecule has 68 valence electrons. The number of rotatable bonds is 5. The molecule has 1 heteroatoms. The van der Waals surface area contributed by atoms with Crippen LogP contribution in [0.3, 0.4) is 0 Å². The Bertz CT molecular complexity index is 168. The van der Waals surface area contributed by atoms with Crippen molar-refractivity contribution in [3.05, 3.63) is 24.0 Å². The summed E-state index contributed by atoms with van der Waals surface area (Å²) in [4.78, 5) is 0. The van der Waals surface area contributed by atoms with Gasteiger partial charge in [0.15, 0.2) is 0 Å². The van der Waals surface area contributed by atoms with Gasteiger partial charge in [0.2, 0.25) is 0 Å². The van der Waals surface area contributed by atoms with E-state index < -0.39 is 0 Å². The topological polar surface area (TPSA) is 9.23 Å². The highest BCUT2D eigenvalue weighted by Gasteiger charge is 1.98. The summed E-state index contributed by atoms with van der Waals surface area (Å²) >= 11 is 0. The zero-order valence-electron chi connectivity index (χ0n) is 7.88. The fourth-order valence-electron chi connectivity index (χ4n) is 1.25. The van der Waals surface area contributed by atoms with Crippen molar-refractivity contribution in [1.29, 1.82) is 0 Å². The zero-order valence-corrected chi connectivity index (χ0v) is 7.88. The Morgan fingerprint density at radius 1 is 1.33 bits per heavy atom. The maximum atomic E-state index is 5.59. The standard InChI is InChI=1S/C11H18O/c1-2-3-7-10-12-11-8-5-4-6-9-11/h4-5,9H,2-3,6-8,10H2,1H3. The summed E-state index contributed by atoms with van der Waals surface area (Å²) in [7, 11) is 0. The molecule has 0 saturated heterocycles. The molecule has 0 radical (unpaired) electrons. The maximum Gasteiger partial charge on any atom is 0.0960 e. The zero-order chi connectivity index (χ0) is 8.65. The van der Waals surface area contributed by atoms with Gasteiger partial charge in [-0.15, -0.1) is 0 Å². The monoisotopic (exact) mass is 166 g/mol. The van der Waals surface area contributed by atoms with Crippen molar-refractivity contribution in [2.45, 2.75) is 39.0 Å². The second-order valence-corrected chi connectivity index (χ2v) is 3.14. The Labute approximate surface area is 75.1 Å². The molecule has 0 aliphatic heterocycles. The quantitative estimate of drug-likeness (QED) is 0.449. The number of ether oxygens (including phenoxy) is 1. The molecular weight excluding hydrogens is 148 g/mol. The Morgan fingerprint density at radius 2 is 2.25 bits per heavy atom. The lowest BCUT2D eigenvalue weighted by atomic mass is 10.2. The van der Waals surface area contributed by atoms with Crippen LogP contribution in [0.4, 0.5) is 0 Å². The van der Waals surface area contributed by atoms with E-state index in [0.717, 1.165) is 25.2 Å². The third-order valence-corrected chi connectivity index (χ3v) is 2.00. The summed E-state index contributed by atoms with van der Waals surface area (Å²) in [5.74, 6) is 1.16. The maximum absolute atomic E-state index is 5.59. The van der Waals surface area contributed by atoms with Crippen LogP contribution in [0, 0.1) is 0 Å². The third kappa shape index (κ3) is 3.61. The predicted octanol–water partition coefficient (Wildman–Crippen LogP) is 3.43. The van der Waals surface area contributed by atoms with Gasteiger partial charge in [-0.05, 0) is 18.9 Å². The summed E-state index contributed by atoms with van der Waals surface area (Å²) in [5.41, 5.74) is 0. The fourth-order valence-corrected chi connectivity index (χ4v) is 1.25. The molecule has 0 bridgehead atoms.